The van der Waals surface area contributed by atoms with Crippen LogP contribution in [0.2, 0.25) is 0 Å². The number of nitrogens with zero attached hydrogens (tertiary/aromatic N) is 2. The van der Waals surface area contributed by atoms with Crippen molar-refractivity contribution in [2.75, 3.05) is 0 Å². The van der Waals surface area contributed by atoms with E-state index >= 15 is 0 Å². The highest BCUT2D eigenvalue weighted by Gasteiger charge is 2.10. The standard InChI is InChI=1S/C18H21BrN2O/c1-2-3-4-5-6-7-8-14-12-17-18(22-14)15-11-13(19)9-10-16(15)20-21-17/h9-12H,2-8H2,1H3. The molecule has 0 spiro atoms. The molecule has 0 radical (unpaired) electrons. The Morgan fingerprint density at radius 1 is 0.955 bits per heavy atom. The largest absolute Gasteiger partial charge is 0.459 e. The molecule has 0 saturated heterocycles. The topological polar surface area (TPSA) is 38.9 Å². The van der Waals surface area contributed by atoms with Crippen molar-refractivity contribution in [2.45, 2.75) is 51.9 Å². The van der Waals surface area contributed by atoms with Crippen LogP contribution in [-0.4, -0.2) is 10.2 Å². The van der Waals surface area contributed by atoms with Crippen LogP contribution in [0.25, 0.3) is 22.0 Å². The summed E-state index contributed by atoms with van der Waals surface area (Å²) in [6, 6.07) is 8.02. The van der Waals surface area contributed by atoms with Gasteiger partial charge in [0.15, 0.2) is 5.58 Å². The zero-order chi connectivity index (χ0) is 15.4. The van der Waals surface area contributed by atoms with E-state index in [2.05, 4.69) is 33.1 Å². The molecule has 2 aromatic heterocycles. The lowest BCUT2D eigenvalue weighted by molar-refractivity contribution is 0.523. The lowest BCUT2D eigenvalue weighted by atomic mass is 10.1. The van der Waals surface area contributed by atoms with E-state index in [-0.39, 0.29) is 0 Å². The minimum Gasteiger partial charge on any atom is -0.459 e. The maximum atomic E-state index is 6.04. The minimum absolute atomic E-state index is 0.853. The Hall–Kier alpha value is -1.42. The highest BCUT2D eigenvalue weighted by molar-refractivity contribution is 9.10. The number of fused-ring (bicyclic) bond motifs is 3. The van der Waals surface area contributed by atoms with Gasteiger partial charge in [0.2, 0.25) is 0 Å². The number of unbranched alkanes of at least 4 members (excludes halogenated alkanes) is 5. The molecule has 4 heteroatoms. The molecule has 0 bridgehead atoms. The Kier molecular flexibility index (Phi) is 5.08. The Bertz CT molecular complexity index is 766. The quantitative estimate of drug-likeness (QED) is 0.482. The van der Waals surface area contributed by atoms with Gasteiger partial charge in [0.05, 0.1) is 5.52 Å². The summed E-state index contributed by atoms with van der Waals surface area (Å²) in [4.78, 5) is 0. The molecule has 0 aliphatic heterocycles. The third kappa shape index (κ3) is 3.49. The van der Waals surface area contributed by atoms with Crippen molar-refractivity contribution >= 4 is 37.9 Å². The summed E-state index contributed by atoms with van der Waals surface area (Å²) < 4.78 is 7.07. The van der Waals surface area contributed by atoms with Crippen molar-refractivity contribution in [1.29, 1.82) is 0 Å². The van der Waals surface area contributed by atoms with Crippen LogP contribution < -0.4 is 0 Å². The summed E-state index contributed by atoms with van der Waals surface area (Å²) in [5, 5.41) is 9.55. The Morgan fingerprint density at radius 2 is 1.73 bits per heavy atom. The summed E-state index contributed by atoms with van der Waals surface area (Å²) >= 11 is 3.51. The molecule has 3 rings (SSSR count). The molecule has 0 N–H and O–H groups in total. The third-order valence-electron chi connectivity index (χ3n) is 4.01. The van der Waals surface area contributed by atoms with Gasteiger partial charge >= 0.3 is 0 Å². The van der Waals surface area contributed by atoms with Crippen LogP contribution in [0.3, 0.4) is 0 Å². The summed E-state index contributed by atoms with van der Waals surface area (Å²) in [6.07, 6.45) is 8.75. The normalized spacial score (nSPS) is 11.5. The van der Waals surface area contributed by atoms with E-state index in [0.717, 1.165) is 38.7 Å². The van der Waals surface area contributed by atoms with Crippen LogP contribution in [0.15, 0.2) is 33.2 Å². The van der Waals surface area contributed by atoms with Crippen molar-refractivity contribution < 1.29 is 4.42 Å². The van der Waals surface area contributed by atoms with Crippen LogP contribution in [0.1, 0.15) is 51.2 Å². The van der Waals surface area contributed by atoms with Gasteiger partial charge in [-0.25, -0.2) is 0 Å². The molecule has 1 aromatic carbocycles. The molecule has 0 unspecified atom stereocenters. The predicted octanol–water partition coefficient (Wildman–Crippen LogP) is 6.04. The lowest BCUT2D eigenvalue weighted by Gasteiger charge is -1.99. The van der Waals surface area contributed by atoms with Crippen molar-refractivity contribution in [3.8, 4) is 0 Å². The number of rotatable bonds is 7. The monoisotopic (exact) mass is 360 g/mol. The first-order valence-electron chi connectivity index (χ1n) is 8.12. The number of aryl methyl sites for hydroxylation is 1. The van der Waals surface area contributed by atoms with Gasteiger partial charge in [0, 0.05) is 22.3 Å². The van der Waals surface area contributed by atoms with Crippen LogP contribution in [0.5, 0.6) is 0 Å². The zero-order valence-electron chi connectivity index (χ0n) is 12.9. The number of benzene rings is 1. The Balaban J connectivity index is 1.72. The summed E-state index contributed by atoms with van der Waals surface area (Å²) in [5.74, 6) is 1.02. The van der Waals surface area contributed by atoms with E-state index < -0.39 is 0 Å². The SMILES string of the molecule is CCCCCCCCc1cc2nnc3ccc(Br)cc3c2o1. The smallest absolute Gasteiger partial charge is 0.164 e. The van der Waals surface area contributed by atoms with Gasteiger partial charge in [-0.2, -0.15) is 0 Å². The van der Waals surface area contributed by atoms with Crippen molar-refractivity contribution in [3.63, 3.8) is 0 Å². The van der Waals surface area contributed by atoms with Crippen LogP contribution in [-0.2, 0) is 6.42 Å². The van der Waals surface area contributed by atoms with Crippen molar-refractivity contribution in [3.05, 3.63) is 34.5 Å². The van der Waals surface area contributed by atoms with Gasteiger partial charge < -0.3 is 4.42 Å². The fourth-order valence-corrected chi connectivity index (χ4v) is 3.15. The highest BCUT2D eigenvalue weighted by atomic mass is 79.9. The second-order valence-corrected chi connectivity index (χ2v) is 6.72. The molecule has 3 aromatic rings. The average molecular weight is 361 g/mol. The molecular formula is C18H21BrN2O. The van der Waals surface area contributed by atoms with E-state index in [0.29, 0.717) is 0 Å². The molecule has 22 heavy (non-hydrogen) atoms. The maximum absolute atomic E-state index is 6.04. The van der Waals surface area contributed by atoms with Gasteiger partial charge in [-0.05, 0) is 24.6 Å². The first-order chi connectivity index (χ1) is 10.8. The highest BCUT2D eigenvalue weighted by Crippen LogP contribution is 2.28. The molecule has 0 saturated carbocycles. The third-order valence-corrected chi connectivity index (χ3v) is 4.50. The molecule has 116 valence electrons. The lowest BCUT2D eigenvalue weighted by Crippen LogP contribution is -1.84. The van der Waals surface area contributed by atoms with Gasteiger partial charge in [-0.1, -0.05) is 55.0 Å². The number of furan rings is 1. The Morgan fingerprint density at radius 3 is 2.59 bits per heavy atom. The first-order valence-corrected chi connectivity index (χ1v) is 8.91. The molecule has 0 fully saturated rings. The Labute approximate surface area is 139 Å². The fraction of sp³-hybridized carbons (Fsp3) is 0.444. The number of aromatic nitrogens is 2. The summed E-state index contributed by atoms with van der Waals surface area (Å²) in [5.41, 5.74) is 2.58. The van der Waals surface area contributed by atoms with Crippen molar-refractivity contribution in [1.82, 2.24) is 10.2 Å². The molecule has 3 nitrogen and oxygen atoms in total. The summed E-state index contributed by atoms with van der Waals surface area (Å²) in [7, 11) is 0. The second kappa shape index (κ2) is 7.23. The number of hydrogen-bond donors (Lipinski definition) is 0. The molecule has 0 atom stereocenters. The molecule has 0 aliphatic carbocycles. The van der Waals surface area contributed by atoms with Crippen LogP contribution >= 0.6 is 15.9 Å². The number of hydrogen-bond acceptors (Lipinski definition) is 3. The zero-order valence-corrected chi connectivity index (χ0v) is 14.5. The van der Waals surface area contributed by atoms with Gasteiger partial charge in [0.1, 0.15) is 11.3 Å². The van der Waals surface area contributed by atoms with E-state index in [1.54, 1.807) is 0 Å². The minimum atomic E-state index is 0.853. The van der Waals surface area contributed by atoms with Gasteiger partial charge in [0.25, 0.3) is 0 Å². The second-order valence-electron chi connectivity index (χ2n) is 5.81. The van der Waals surface area contributed by atoms with E-state index in [1.165, 1.54) is 38.5 Å². The molecule has 0 amide bonds. The van der Waals surface area contributed by atoms with Gasteiger partial charge in [-0.15, -0.1) is 10.2 Å². The van der Waals surface area contributed by atoms with Crippen LogP contribution in [0, 0.1) is 0 Å². The number of halogens is 1. The van der Waals surface area contributed by atoms with E-state index in [1.807, 2.05) is 24.3 Å². The maximum Gasteiger partial charge on any atom is 0.164 e. The van der Waals surface area contributed by atoms with Crippen molar-refractivity contribution in [2.24, 2.45) is 0 Å². The van der Waals surface area contributed by atoms with E-state index in [4.69, 9.17) is 4.42 Å². The van der Waals surface area contributed by atoms with E-state index in [9.17, 15) is 0 Å². The summed E-state index contributed by atoms with van der Waals surface area (Å²) in [6.45, 7) is 2.25. The fourth-order valence-electron chi connectivity index (χ4n) is 2.79. The van der Waals surface area contributed by atoms with Crippen LogP contribution in [0.4, 0.5) is 0 Å². The molecular weight excluding hydrogens is 340 g/mol. The predicted molar refractivity (Wildman–Crippen MR) is 94.1 cm³/mol. The molecule has 0 aliphatic rings. The first kappa shape index (κ1) is 15.5. The molecule has 2 heterocycles. The average Bonchev–Trinajstić information content (AvgIpc) is 2.94. The van der Waals surface area contributed by atoms with Gasteiger partial charge in [-0.3, -0.25) is 0 Å².